The summed E-state index contributed by atoms with van der Waals surface area (Å²) in [6.45, 7) is 2.98. The van der Waals surface area contributed by atoms with Crippen molar-refractivity contribution in [2.75, 3.05) is 19.7 Å². The van der Waals surface area contributed by atoms with Crippen LogP contribution < -0.4 is 5.32 Å². The molecule has 1 saturated heterocycles. The average Bonchev–Trinajstić information content (AvgIpc) is 3.13. The molecule has 2 aromatic rings. The number of thiophene rings is 1. The van der Waals surface area contributed by atoms with Crippen LogP contribution in [0.15, 0.2) is 29.6 Å². The fourth-order valence-corrected chi connectivity index (χ4v) is 3.09. The molecule has 1 N–H and O–H groups in total. The topological polar surface area (TPSA) is 41.6 Å². The van der Waals surface area contributed by atoms with Crippen molar-refractivity contribution >= 4 is 27.3 Å². The Bertz CT molecular complexity index is 590. The molecule has 4 nitrogen and oxygen atoms in total. The summed E-state index contributed by atoms with van der Waals surface area (Å²) in [7, 11) is 0. The van der Waals surface area contributed by atoms with Crippen LogP contribution in [-0.2, 0) is 16.2 Å². The van der Waals surface area contributed by atoms with Gasteiger partial charge in [-0.25, -0.2) is 0 Å². The first kappa shape index (κ1) is 13.5. The summed E-state index contributed by atoms with van der Waals surface area (Å²) in [6, 6.07) is 8.42. The quantitative estimate of drug-likeness (QED) is 0.920. The van der Waals surface area contributed by atoms with Gasteiger partial charge in [0.25, 0.3) is 0 Å². The molecule has 0 radical (unpaired) electrons. The largest absolute Gasteiger partial charge is 0.352 e. The molecule has 2 heterocycles. The summed E-state index contributed by atoms with van der Waals surface area (Å²) >= 11 is 1.74. The average molecular weight is 290 g/mol. The minimum atomic E-state index is 0.0749. The standard InChI is InChI=1S/C15H18N2O2S/c18-15(4-7-17-6-1-8-19-17)16-11-12-2-3-14-13(10-12)5-9-20-14/h2-3,5,9-10H,1,4,6-8,11H2,(H,16,18). The molecular weight excluding hydrogens is 272 g/mol. The summed E-state index contributed by atoms with van der Waals surface area (Å²) in [6.07, 6.45) is 1.54. The number of nitrogens with one attached hydrogen (secondary N) is 1. The second-order valence-electron chi connectivity index (χ2n) is 4.94. The molecule has 20 heavy (non-hydrogen) atoms. The van der Waals surface area contributed by atoms with Crippen LogP contribution in [0.3, 0.4) is 0 Å². The van der Waals surface area contributed by atoms with Crippen molar-refractivity contribution in [2.45, 2.75) is 19.4 Å². The Hall–Kier alpha value is -1.43. The van der Waals surface area contributed by atoms with Crippen molar-refractivity contribution in [3.63, 3.8) is 0 Å². The van der Waals surface area contributed by atoms with Crippen LogP contribution in [0.25, 0.3) is 10.1 Å². The molecule has 0 unspecified atom stereocenters. The maximum Gasteiger partial charge on any atom is 0.221 e. The van der Waals surface area contributed by atoms with Crippen LogP contribution in [0.2, 0.25) is 0 Å². The highest BCUT2D eigenvalue weighted by Crippen LogP contribution is 2.21. The first-order valence-corrected chi connectivity index (χ1v) is 7.80. The molecule has 1 aromatic carbocycles. The lowest BCUT2D eigenvalue weighted by atomic mass is 10.1. The fraction of sp³-hybridized carbons (Fsp3) is 0.400. The molecule has 1 fully saturated rings. The van der Waals surface area contributed by atoms with Gasteiger partial charge in [-0.05, 0) is 40.9 Å². The normalized spacial score (nSPS) is 15.8. The Morgan fingerprint density at radius 1 is 1.40 bits per heavy atom. The first-order chi connectivity index (χ1) is 9.81. The predicted octanol–water partition coefficient (Wildman–Crippen LogP) is 2.54. The van der Waals surface area contributed by atoms with Gasteiger partial charge in [0.2, 0.25) is 5.91 Å². The van der Waals surface area contributed by atoms with Crippen LogP contribution in [0.4, 0.5) is 0 Å². The molecule has 1 aromatic heterocycles. The highest BCUT2D eigenvalue weighted by Gasteiger charge is 2.13. The highest BCUT2D eigenvalue weighted by atomic mass is 32.1. The Balaban J connectivity index is 1.46. The van der Waals surface area contributed by atoms with E-state index in [4.69, 9.17) is 4.84 Å². The lowest BCUT2D eigenvalue weighted by Gasteiger charge is -2.13. The van der Waals surface area contributed by atoms with E-state index in [1.54, 1.807) is 11.3 Å². The van der Waals surface area contributed by atoms with Crippen molar-refractivity contribution in [1.82, 2.24) is 10.4 Å². The minimum Gasteiger partial charge on any atom is -0.352 e. The number of carbonyl (C=O) groups is 1. The van der Waals surface area contributed by atoms with Crippen molar-refractivity contribution in [2.24, 2.45) is 0 Å². The molecule has 0 aliphatic carbocycles. The van der Waals surface area contributed by atoms with Gasteiger partial charge in [0.1, 0.15) is 0 Å². The number of amides is 1. The van der Waals surface area contributed by atoms with E-state index in [0.29, 0.717) is 19.5 Å². The van der Waals surface area contributed by atoms with E-state index in [-0.39, 0.29) is 5.91 Å². The van der Waals surface area contributed by atoms with Gasteiger partial charge in [-0.2, -0.15) is 5.06 Å². The molecule has 0 bridgehead atoms. The van der Waals surface area contributed by atoms with Crippen LogP contribution >= 0.6 is 11.3 Å². The maximum absolute atomic E-state index is 11.8. The number of carbonyl (C=O) groups excluding carboxylic acids is 1. The molecule has 0 atom stereocenters. The summed E-state index contributed by atoms with van der Waals surface area (Å²) in [4.78, 5) is 17.2. The number of hydroxylamine groups is 2. The van der Waals surface area contributed by atoms with Crippen LogP contribution in [-0.4, -0.2) is 30.7 Å². The van der Waals surface area contributed by atoms with E-state index in [2.05, 4.69) is 35.0 Å². The van der Waals surface area contributed by atoms with Crippen LogP contribution in [0, 0.1) is 0 Å². The Kier molecular flexibility index (Phi) is 4.30. The number of nitrogens with zero attached hydrogens (tertiary/aromatic N) is 1. The SMILES string of the molecule is O=C(CCN1CCCO1)NCc1ccc2sccc2c1. The molecule has 1 amide bonds. The van der Waals surface area contributed by atoms with Gasteiger partial charge >= 0.3 is 0 Å². The van der Waals surface area contributed by atoms with Gasteiger partial charge in [0.15, 0.2) is 0 Å². The van der Waals surface area contributed by atoms with Crippen molar-refractivity contribution in [3.8, 4) is 0 Å². The molecule has 1 aliphatic rings. The van der Waals surface area contributed by atoms with E-state index in [9.17, 15) is 4.79 Å². The monoisotopic (exact) mass is 290 g/mol. The zero-order valence-corrected chi connectivity index (χ0v) is 12.1. The maximum atomic E-state index is 11.8. The number of hydrogen-bond acceptors (Lipinski definition) is 4. The summed E-state index contributed by atoms with van der Waals surface area (Å²) < 4.78 is 1.28. The minimum absolute atomic E-state index is 0.0749. The third-order valence-corrected chi connectivity index (χ3v) is 4.32. The summed E-state index contributed by atoms with van der Waals surface area (Å²) in [5.41, 5.74) is 1.14. The first-order valence-electron chi connectivity index (χ1n) is 6.92. The van der Waals surface area contributed by atoms with Gasteiger partial charge in [-0.1, -0.05) is 6.07 Å². The summed E-state index contributed by atoms with van der Waals surface area (Å²) in [5.74, 6) is 0.0749. The Morgan fingerprint density at radius 3 is 3.20 bits per heavy atom. The lowest BCUT2D eigenvalue weighted by molar-refractivity contribution is -0.130. The van der Waals surface area contributed by atoms with Crippen LogP contribution in [0.5, 0.6) is 0 Å². The van der Waals surface area contributed by atoms with Gasteiger partial charge in [0.05, 0.1) is 6.61 Å². The van der Waals surface area contributed by atoms with E-state index in [1.165, 1.54) is 10.1 Å². The summed E-state index contributed by atoms with van der Waals surface area (Å²) in [5, 5.41) is 8.16. The van der Waals surface area contributed by atoms with Crippen molar-refractivity contribution in [1.29, 1.82) is 0 Å². The predicted molar refractivity (Wildman–Crippen MR) is 80.4 cm³/mol. The zero-order valence-electron chi connectivity index (χ0n) is 11.3. The zero-order chi connectivity index (χ0) is 13.8. The van der Waals surface area contributed by atoms with Gasteiger partial charge in [-0.3, -0.25) is 9.63 Å². The van der Waals surface area contributed by atoms with E-state index in [1.807, 2.05) is 5.06 Å². The smallest absolute Gasteiger partial charge is 0.221 e. The molecule has 0 spiro atoms. The third kappa shape index (κ3) is 3.36. The second kappa shape index (κ2) is 6.35. The van der Waals surface area contributed by atoms with Crippen molar-refractivity contribution < 1.29 is 9.63 Å². The van der Waals surface area contributed by atoms with E-state index < -0.39 is 0 Å². The second-order valence-corrected chi connectivity index (χ2v) is 5.88. The van der Waals surface area contributed by atoms with Crippen molar-refractivity contribution in [3.05, 3.63) is 35.2 Å². The molecule has 1 aliphatic heterocycles. The van der Waals surface area contributed by atoms with E-state index in [0.717, 1.165) is 25.1 Å². The Morgan fingerprint density at radius 2 is 2.35 bits per heavy atom. The third-order valence-electron chi connectivity index (χ3n) is 3.42. The van der Waals surface area contributed by atoms with Gasteiger partial charge < -0.3 is 5.32 Å². The fourth-order valence-electron chi connectivity index (χ4n) is 2.32. The van der Waals surface area contributed by atoms with Crippen LogP contribution in [0.1, 0.15) is 18.4 Å². The van der Waals surface area contributed by atoms with E-state index >= 15 is 0 Å². The Labute approximate surface area is 122 Å². The van der Waals surface area contributed by atoms with Gasteiger partial charge in [-0.15, -0.1) is 11.3 Å². The lowest BCUT2D eigenvalue weighted by Crippen LogP contribution is -2.28. The molecule has 0 saturated carbocycles. The number of hydrogen-bond donors (Lipinski definition) is 1. The van der Waals surface area contributed by atoms with Gasteiger partial charge in [0, 0.05) is 30.8 Å². The number of fused-ring (bicyclic) bond motifs is 1. The molecular formula is C15H18N2O2S. The highest BCUT2D eigenvalue weighted by molar-refractivity contribution is 7.17. The number of benzene rings is 1. The number of rotatable bonds is 5. The molecule has 106 valence electrons. The molecule has 5 heteroatoms. The molecule has 3 rings (SSSR count).